The maximum Gasteiger partial charge on any atom is 0.0678 e. The average molecular weight is 176 g/mol. The monoisotopic (exact) mass is 175 g/mol. The van der Waals surface area contributed by atoms with Crippen molar-refractivity contribution in [2.75, 3.05) is 4.84 Å². The van der Waals surface area contributed by atoms with Crippen molar-refractivity contribution in [1.82, 2.24) is 0 Å². The van der Waals surface area contributed by atoms with Gasteiger partial charge >= 0.3 is 0 Å². The minimum atomic E-state index is 0.648. The number of halogens is 2. The van der Waals surface area contributed by atoms with Crippen molar-refractivity contribution in [2.45, 2.75) is 6.92 Å². The number of aryl methyl sites for hydroxylation is 1. The zero-order valence-electron chi connectivity index (χ0n) is 5.49. The van der Waals surface area contributed by atoms with Crippen LogP contribution in [0.4, 0.5) is 5.69 Å². The van der Waals surface area contributed by atoms with Gasteiger partial charge in [0.05, 0.1) is 10.7 Å². The highest BCUT2D eigenvalue weighted by Gasteiger charge is 1.96. The number of hydrogen-bond acceptors (Lipinski definition) is 1. The molecule has 0 heterocycles. The summed E-state index contributed by atoms with van der Waals surface area (Å²) in [6.07, 6.45) is 0. The first kappa shape index (κ1) is 7.70. The predicted octanol–water partition coefficient (Wildman–Crippen LogP) is 3.21. The van der Waals surface area contributed by atoms with Crippen LogP contribution in [-0.4, -0.2) is 0 Å². The molecular weight excluding hydrogens is 169 g/mol. The van der Waals surface area contributed by atoms with Crippen LogP contribution in [0.15, 0.2) is 18.2 Å². The van der Waals surface area contributed by atoms with Crippen LogP contribution in [0, 0.1) is 6.92 Å². The molecule has 54 valence electrons. The first-order valence-corrected chi connectivity index (χ1v) is 3.62. The molecule has 1 N–H and O–H groups in total. The van der Waals surface area contributed by atoms with Gasteiger partial charge in [-0.1, -0.05) is 17.7 Å². The van der Waals surface area contributed by atoms with Crippen LogP contribution < -0.4 is 4.84 Å². The topological polar surface area (TPSA) is 12.0 Å². The second kappa shape index (κ2) is 3.13. The molecule has 1 aromatic carbocycles. The van der Waals surface area contributed by atoms with Crippen molar-refractivity contribution in [3.8, 4) is 0 Å². The average Bonchev–Trinajstić information content (AvgIpc) is 1.88. The maximum absolute atomic E-state index is 5.78. The van der Waals surface area contributed by atoms with Crippen LogP contribution in [0.3, 0.4) is 0 Å². The van der Waals surface area contributed by atoms with Gasteiger partial charge in [0.2, 0.25) is 0 Å². The Balaban J connectivity index is 3.07. The molecule has 0 spiro atoms. The summed E-state index contributed by atoms with van der Waals surface area (Å²) in [5, 5.41) is 0.648. The van der Waals surface area contributed by atoms with Crippen molar-refractivity contribution in [3.05, 3.63) is 28.8 Å². The summed E-state index contributed by atoms with van der Waals surface area (Å²) < 4.78 is 0. The van der Waals surface area contributed by atoms with Gasteiger partial charge in [-0.15, -0.1) is 0 Å². The van der Waals surface area contributed by atoms with Gasteiger partial charge in [0.15, 0.2) is 0 Å². The van der Waals surface area contributed by atoms with E-state index in [4.69, 9.17) is 23.4 Å². The van der Waals surface area contributed by atoms with E-state index in [1.165, 1.54) is 0 Å². The molecule has 0 aliphatic heterocycles. The third-order valence-electron chi connectivity index (χ3n) is 1.23. The van der Waals surface area contributed by atoms with Crippen molar-refractivity contribution >= 4 is 29.1 Å². The van der Waals surface area contributed by atoms with Crippen LogP contribution in [0.2, 0.25) is 5.02 Å². The quantitative estimate of drug-likeness (QED) is 0.647. The summed E-state index contributed by atoms with van der Waals surface area (Å²) >= 11 is 11.1. The molecule has 3 heteroatoms. The van der Waals surface area contributed by atoms with Crippen LogP contribution >= 0.6 is 23.4 Å². The number of rotatable bonds is 1. The highest BCUT2D eigenvalue weighted by Crippen LogP contribution is 2.22. The van der Waals surface area contributed by atoms with Crippen LogP contribution in [0.1, 0.15) is 5.56 Å². The first-order valence-electron chi connectivity index (χ1n) is 2.87. The Morgan fingerprint density at radius 1 is 1.40 bits per heavy atom. The van der Waals surface area contributed by atoms with E-state index >= 15 is 0 Å². The number of benzene rings is 1. The molecule has 1 aromatic rings. The summed E-state index contributed by atoms with van der Waals surface area (Å²) in [6, 6.07) is 5.63. The highest BCUT2D eigenvalue weighted by molar-refractivity contribution is 6.35. The predicted molar refractivity (Wildman–Crippen MR) is 45.7 cm³/mol. The molecule has 1 rings (SSSR count). The second-order valence-electron chi connectivity index (χ2n) is 2.08. The maximum atomic E-state index is 5.78. The minimum Gasteiger partial charge on any atom is -0.297 e. The van der Waals surface area contributed by atoms with Gasteiger partial charge in [-0.2, -0.15) is 0 Å². The standard InChI is InChI=1S/C7H7Cl2N/c1-5-2-3-7(10-9)6(8)4-5/h2-4,10H,1H3. The third kappa shape index (κ3) is 1.55. The Kier molecular flexibility index (Phi) is 2.41. The Hall–Kier alpha value is -0.400. The van der Waals surface area contributed by atoms with Crippen molar-refractivity contribution in [1.29, 1.82) is 0 Å². The highest BCUT2D eigenvalue weighted by atomic mass is 35.5. The lowest BCUT2D eigenvalue weighted by atomic mass is 10.2. The van der Waals surface area contributed by atoms with Gasteiger partial charge in [0.25, 0.3) is 0 Å². The molecule has 0 saturated heterocycles. The normalized spacial score (nSPS) is 9.50. The van der Waals surface area contributed by atoms with Gasteiger partial charge < -0.3 is 0 Å². The molecule has 0 aliphatic rings. The van der Waals surface area contributed by atoms with E-state index in [0.717, 1.165) is 11.3 Å². The lowest BCUT2D eigenvalue weighted by Crippen LogP contribution is -1.81. The lowest BCUT2D eigenvalue weighted by molar-refractivity contribution is 1.47. The van der Waals surface area contributed by atoms with E-state index in [2.05, 4.69) is 4.84 Å². The fraction of sp³-hybridized carbons (Fsp3) is 0.143. The van der Waals surface area contributed by atoms with Crippen LogP contribution in [0.5, 0.6) is 0 Å². The van der Waals surface area contributed by atoms with Crippen LogP contribution in [-0.2, 0) is 0 Å². The Labute approximate surface area is 70.1 Å². The molecule has 0 radical (unpaired) electrons. The summed E-state index contributed by atoms with van der Waals surface area (Å²) in [4.78, 5) is 2.46. The summed E-state index contributed by atoms with van der Waals surface area (Å²) in [5.74, 6) is 0. The van der Waals surface area contributed by atoms with Gasteiger partial charge in [-0.3, -0.25) is 4.84 Å². The summed E-state index contributed by atoms with van der Waals surface area (Å²) in [5.41, 5.74) is 1.87. The van der Waals surface area contributed by atoms with Crippen LogP contribution in [0.25, 0.3) is 0 Å². The molecule has 0 aromatic heterocycles. The molecule has 1 nitrogen and oxygen atoms in total. The molecule has 0 atom stereocenters. The SMILES string of the molecule is Cc1ccc(NCl)c(Cl)c1. The molecule has 0 bridgehead atoms. The van der Waals surface area contributed by atoms with Gasteiger partial charge in [-0.25, -0.2) is 0 Å². The first-order chi connectivity index (χ1) is 4.74. The van der Waals surface area contributed by atoms with E-state index in [-0.39, 0.29) is 0 Å². The Morgan fingerprint density at radius 2 is 2.10 bits per heavy atom. The Morgan fingerprint density at radius 3 is 2.60 bits per heavy atom. The zero-order chi connectivity index (χ0) is 7.56. The number of anilines is 1. The van der Waals surface area contributed by atoms with E-state index < -0.39 is 0 Å². The molecule has 0 unspecified atom stereocenters. The summed E-state index contributed by atoms with van der Waals surface area (Å²) in [7, 11) is 0. The van der Waals surface area contributed by atoms with Gasteiger partial charge in [-0.05, 0) is 24.6 Å². The van der Waals surface area contributed by atoms with E-state index in [9.17, 15) is 0 Å². The second-order valence-corrected chi connectivity index (χ2v) is 2.67. The van der Waals surface area contributed by atoms with Crippen molar-refractivity contribution < 1.29 is 0 Å². The Bertz CT molecular complexity index is 235. The van der Waals surface area contributed by atoms with E-state index in [1.807, 2.05) is 25.1 Å². The minimum absolute atomic E-state index is 0.648. The lowest BCUT2D eigenvalue weighted by Gasteiger charge is -2.00. The van der Waals surface area contributed by atoms with Crippen molar-refractivity contribution in [3.63, 3.8) is 0 Å². The van der Waals surface area contributed by atoms with E-state index in [0.29, 0.717) is 5.02 Å². The third-order valence-corrected chi connectivity index (χ3v) is 1.74. The fourth-order valence-corrected chi connectivity index (χ4v) is 1.19. The molecule has 10 heavy (non-hydrogen) atoms. The molecule has 0 saturated carbocycles. The van der Waals surface area contributed by atoms with Gasteiger partial charge in [0, 0.05) is 11.8 Å². The number of nitrogens with one attached hydrogen (secondary N) is 1. The molecule has 0 aliphatic carbocycles. The molecular formula is C7H7Cl2N. The zero-order valence-corrected chi connectivity index (χ0v) is 7.00. The van der Waals surface area contributed by atoms with E-state index in [1.54, 1.807) is 0 Å². The largest absolute Gasteiger partial charge is 0.297 e. The summed E-state index contributed by atoms with van der Waals surface area (Å²) in [6.45, 7) is 1.98. The van der Waals surface area contributed by atoms with Gasteiger partial charge in [0.1, 0.15) is 0 Å². The smallest absolute Gasteiger partial charge is 0.0678 e. The molecule has 0 fully saturated rings. The van der Waals surface area contributed by atoms with Crippen molar-refractivity contribution in [2.24, 2.45) is 0 Å². The molecule has 0 amide bonds. The number of hydrogen-bond donors (Lipinski definition) is 1. The fourth-order valence-electron chi connectivity index (χ4n) is 0.697.